The van der Waals surface area contributed by atoms with Crippen molar-refractivity contribution in [2.45, 2.75) is 6.23 Å². The van der Waals surface area contributed by atoms with E-state index in [1.165, 1.54) is 0 Å². The Hall–Kier alpha value is -3.24. The van der Waals surface area contributed by atoms with E-state index in [2.05, 4.69) is 25.8 Å². The van der Waals surface area contributed by atoms with Crippen molar-refractivity contribution in [2.24, 2.45) is 5.10 Å². The number of fused-ring (bicyclic) bond motifs is 2. The van der Waals surface area contributed by atoms with Gasteiger partial charge in [-0.1, -0.05) is 6.07 Å². The Bertz CT molecular complexity index is 1130. The van der Waals surface area contributed by atoms with Gasteiger partial charge in [0, 0.05) is 16.7 Å². The summed E-state index contributed by atoms with van der Waals surface area (Å²) in [5, 5.41) is 16.5. The number of alkyl halides is 1. The molecule has 1 unspecified atom stereocenters. The van der Waals surface area contributed by atoms with Crippen LogP contribution in [0, 0.1) is 11.6 Å². The van der Waals surface area contributed by atoms with Crippen LogP contribution in [0.25, 0.3) is 11.0 Å². The molecule has 1 amide bonds. The van der Waals surface area contributed by atoms with Crippen LogP contribution in [0.15, 0.2) is 35.4 Å². The number of anilines is 1. The maximum absolute atomic E-state index is 13.8. The molecule has 0 saturated heterocycles. The second-order valence-electron chi connectivity index (χ2n) is 6.11. The Morgan fingerprint density at radius 1 is 1.28 bits per heavy atom. The van der Waals surface area contributed by atoms with Gasteiger partial charge in [0.25, 0.3) is 0 Å². The number of carbonyl (C=O) groups excluding carboxylic acids is 1. The molecule has 2 aromatic carbocycles. The van der Waals surface area contributed by atoms with Gasteiger partial charge in [-0.2, -0.15) is 5.10 Å². The number of halogens is 3. The molecule has 0 spiro atoms. The van der Waals surface area contributed by atoms with Crippen molar-refractivity contribution in [3.63, 3.8) is 0 Å². The number of aliphatic hydroxyl groups is 1. The Morgan fingerprint density at radius 3 is 2.86 bits per heavy atom. The van der Waals surface area contributed by atoms with Gasteiger partial charge >= 0.3 is 6.09 Å². The lowest BCUT2D eigenvalue weighted by atomic mass is 9.95. The predicted octanol–water partition coefficient (Wildman–Crippen LogP) is 2.97. The Morgan fingerprint density at radius 2 is 2.07 bits per heavy atom. The van der Waals surface area contributed by atoms with E-state index >= 15 is 0 Å². The molecule has 150 valence electrons. The largest absolute Gasteiger partial charge is 0.448 e. The van der Waals surface area contributed by atoms with Crippen molar-refractivity contribution >= 4 is 40.4 Å². The molecular weight excluding hydrogens is 408 g/mol. The molecule has 1 aliphatic heterocycles. The smallest absolute Gasteiger partial charge is 0.414 e. The maximum Gasteiger partial charge on any atom is 0.414 e. The van der Waals surface area contributed by atoms with Gasteiger partial charge in [-0.15, -0.1) is 11.6 Å². The number of aromatic nitrogens is 2. The third-order valence-corrected chi connectivity index (χ3v) is 4.38. The standard InChI is InChI=1S/C18H14ClF2N5O3/c19-3-4-29-18(28)24-17-22-13-2-1-8(5-14(13)23-17)15-9-6-11(20)12(21)7-10(9)16(27)26-25-15/h1-2,5-7,16,26-27H,3-4H2,(H2,22,23,24,28). The van der Waals surface area contributed by atoms with Crippen LogP contribution in [-0.4, -0.2) is 39.4 Å². The number of hydrogen-bond donors (Lipinski definition) is 4. The lowest BCUT2D eigenvalue weighted by Gasteiger charge is -2.22. The summed E-state index contributed by atoms with van der Waals surface area (Å²) < 4.78 is 32.2. The van der Waals surface area contributed by atoms with Crippen molar-refractivity contribution < 1.29 is 23.4 Å². The van der Waals surface area contributed by atoms with Gasteiger partial charge in [0.15, 0.2) is 17.9 Å². The topological polar surface area (TPSA) is 112 Å². The highest BCUT2D eigenvalue weighted by Gasteiger charge is 2.25. The summed E-state index contributed by atoms with van der Waals surface area (Å²) in [6.45, 7) is 0.0625. The van der Waals surface area contributed by atoms with Gasteiger partial charge in [-0.05, 0) is 24.3 Å². The van der Waals surface area contributed by atoms with Gasteiger partial charge in [0.1, 0.15) is 6.61 Å². The van der Waals surface area contributed by atoms with Crippen LogP contribution in [0.4, 0.5) is 19.5 Å². The van der Waals surface area contributed by atoms with E-state index < -0.39 is 24.0 Å². The normalized spacial score (nSPS) is 15.4. The molecule has 0 fully saturated rings. The van der Waals surface area contributed by atoms with Crippen LogP contribution >= 0.6 is 11.6 Å². The van der Waals surface area contributed by atoms with E-state index in [0.717, 1.165) is 12.1 Å². The van der Waals surface area contributed by atoms with Crippen LogP contribution in [0.3, 0.4) is 0 Å². The quantitative estimate of drug-likeness (QED) is 0.484. The minimum Gasteiger partial charge on any atom is -0.448 e. The monoisotopic (exact) mass is 421 g/mol. The number of rotatable bonds is 4. The molecule has 0 aliphatic carbocycles. The number of imidazole rings is 1. The van der Waals surface area contributed by atoms with Crippen molar-refractivity contribution in [3.8, 4) is 0 Å². The fraction of sp³-hybridized carbons (Fsp3) is 0.167. The Kier molecular flexibility index (Phi) is 5.03. The average molecular weight is 422 g/mol. The highest BCUT2D eigenvalue weighted by molar-refractivity contribution is 6.18. The van der Waals surface area contributed by atoms with E-state index in [1.54, 1.807) is 18.2 Å². The average Bonchev–Trinajstić information content (AvgIpc) is 3.09. The fourth-order valence-electron chi connectivity index (χ4n) is 2.95. The summed E-state index contributed by atoms with van der Waals surface area (Å²) in [5.74, 6) is -1.76. The Balaban J connectivity index is 1.67. The predicted molar refractivity (Wildman–Crippen MR) is 102 cm³/mol. The minimum absolute atomic E-state index is 0.0625. The SMILES string of the molecule is O=C(Nc1nc2ccc(C3=NNC(O)c4cc(F)c(F)cc43)cc2[nH]1)OCCCl. The zero-order valence-corrected chi connectivity index (χ0v) is 15.4. The van der Waals surface area contributed by atoms with E-state index in [9.17, 15) is 18.7 Å². The zero-order valence-electron chi connectivity index (χ0n) is 14.7. The molecule has 3 aromatic rings. The van der Waals surface area contributed by atoms with E-state index in [0.29, 0.717) is 22.3 Å². The molecule has 11 heteroatoms. The number of hydrazone groups is 1. The van der Waals surface area contributed by atoms with E-state index in [4.69, 9.17) is 16.3 Å². The summed E-state index contributed by atoms with van der Waals surface area (Å²) in [5.41, 5.74) is 4.90. The second-order valence-corrected chi connectivity index (χ2v) is 6.49. The van der Waals surface area contributed by atoms with Crippen LogP contribution in [0.2, 0.25) is 0 Å². The number of nitrogens with one attached hydrogen (secondary N) is 3. The highest BCUT2D eigenvalue weighted by Crippen LogP contribution is 2.28. The van der Waals surface area contributed by atoms with Gasteiger partial charge in [0.05, 0.1) is 22.6 Å². The third kappa shape index (κ3) is 3.71. The number of hydrogen-bond acceptors (Lipinski definition) is 6. The third-order valence-electron chi connectivity index (χ3n) is 4.23. The molecule has 0 radical (unpaired) electrons. The Labute approximate surface area is 167 Å². The summed E-state index contributed by atoms with van der Waals surface area (Å²) in [4.78, 5) is 18.8. The van der Waals surface area contributed by atoms with E-state index in [1.807, 2.05) is 0 Å². The van der Waals surface area contributed by atoms with Gasteiger partial charge in [-0.3, -0.25) is 10.7 Å². The molecule has 1 aliphatic rings. The molecular formula is C18H14ClF2N5O3. The van der Waals surface area contributed by atoms with Crippen LogP contribution in [0.5, 0.6) is 0 Å². The molecule has 4 N–H and O–H groups in total. The maximum atomic E-state index is 13.8. The van der Waals surface area contributed by atoms with Crippen molar-refractivity contribution in [1.29, 1.82) is 0 Å². The van der Waals surface area contributed by atoms with Crippen LogP contribution in [0.1, 0.15) is 22.9 Å². The number of H-pyrrole nitrogens is 1. The summed E-state index contributed by atoms with van der Waals surface area (Å²) in [6, 6.07) is 6.96. The summed E-state index contributed by atoms with van der Waals surface area (Å²) in [7, 11) is 0. The van der Waals surface area contributed by atoms with Crippen molar-refractivity contribution in [2.75, 3.05) is 17.8 Å². The molecule has 4 rings (SSSR count). The van der Waals surface area contributed by atoms with Crippen LogP contribution < -0.4 is 10.7 Å². The molecule has 1 atom stereocenters. The minimum atomic E-state index is -1.26. The number of nitrogens with zero attached hydrogens (tertiary/aromatic N) is 2. The van der Waals surface area contributed by atoms with Crippen molar-refractivity contribution in [1.82, 2.24) is 15.4 Å². The summed E-state index contributed by atoms with van der Waals surface area (Å²) in [6.07, 6.45) is -1.96. The molecule has 2 heterocycles. The molecule has 29 heavy (non-hydrogen) atoms. The lowest BCUT2D eigenvalue weighted by Crippen LogP contribution is -2.27. The number of benzene rings is 2. The van der Waals surface area contributed by atoms with Gasteiger partial charge in [-0.25, -0.2) is 18.6 Å². The number of aliphatic hydroxyl groups excluding tert-OH is 1. The molecule has 8 nitrogen and oxygen atoms in total. The molecule has 0 saturated carbocycles. The van der Waals surface area contributed by atoms with Gasteiger partial charge < -0.3 is 14.8 Å². The molecule has 1 aromatic heterocycles. The first-order valence-electron chi connectivity index (χ1n) is 8.46. The molecule has 0 bridgehead atoms. The fourth-order valence-corrected chi connectivity index (χ4v) is 3.03. The van der Waals surface area contributed by atoms with Crippen molar-refractivity contribution in [3.05, 3.63) is 58.7 Å². The second kappa shape index (κ2) is 7.64. The van der Waals surface area contributed by atoms with Crippen LogP contribution in [-0.2, 0) is 4.74 Å². The first-order valence-corrected chi connectivity index (χ1v) is 9.00. The number of aromatic amines is 1. The van der Waals surface area contributed by atoms with E-state index in [-0.39, 0.29) is 29.6 Å². The lowest BCUT2D eigenvalue weighted by molar-refractivity contribution is 0.138. The first-order chi connectivity index (χ1) is 14.0. The first kappa shape index (κ1) is 19.1. The summed E-state index contributed by atoms with van der Waals surface area (Å²) >= 11 is 5.46. The number of carbonyl (C=O) groups is 1. The van der Waals surface area contributed by atoms with Gasteiger partial charge in [0.2, 0.25) is 5.95 Å². The number of ether oxygens (including phenoxy) is 1. The highest BCUT2D eigenvalue weighted by atomic mass is 35.5. The number of amides is 1. The zero-order chi connectivity index (χ0) is 20.5.